The molecule has 8 nitrogen and oxygen atoms in total. The molecule has 0 unspecified atom stereocenters. The minimum Gasteiger partial charge on any atom is -0.484 e. The standard InChI is InChI=1S/C23H28N4O4/c1-16(18-8-6-5-7-9-18)25-20(28)15-31-19-12-10-17(11-13-19)14-24-27-22(30)21(29)26-23(2,3)4/h5-14,16H,15H2,1-4H3,(H,25,28)(H,26,29)(H,27,30)/b24-14-/t16-/m1/s1. The fraction of sp³-hybridized carbons (Fsp3) is 0.304. The summed E-state index contributed by atoms with van der Waals surface area (Å²) in [4.78, 5) is 35.4. The Kier molecular flexibility index (Phi) is 8.31. The fourth-order valence-corrected chi connectivity index (χ4v) is 2.52. The zero-order valence-corrected chi connectivity index (χ0v) is 18.1. The number of ether oxygens (including phenoxy) is 1. The molecular formula is C23H28N4O4. The molecule has 0 aromatic heterocycles. The SMILES string of the molecule is C[C@@H](NC(=O)COc1ccc(/C=N\NC(=O)C(=O)NC(C)(C)C)cc1)c1ccccc1. The van der Waals surface area contributed by atoms with Crippen LogP contribution >= 0.6 is 0 Å². The lowest BCUT2D eigenvalue weighted by Gasteiger charge is -2.19. The molecule has 164 valence electrons. The molecule has 31 heavy (non-hydrogen) atoms. The number of amides is 3. The third-order valence-electron chi connectivity index (χ3n) is 4.00. The zero-order chi connectivity index (χ0) is 22.9. The maximum atomic E-state index is 12.1. The first-order valence-corrected chi connectivity index (χ1v) is 9.87. The van der Waals surface area contributed by atoms with Crippen molar-refractivity contribution in [2.75, 3.05) is 6.61 Å². The number of hydrogen-bond acceptors (Lipinski definition) is 5. The Bertz CT molecular complexity index is 919. The largest absolute Gasteiger partial charge is 0.484 e. The van der Waals surface area contributed by atoms with Crippen molar-refractivity contribution in [2.24, 2.45) is 5.10 Å². The summed E-state index contributed by atoms with van der Waals surface area (Å²) in [6.07, 6.45) is 1.40. The minimum absolute atomic E-state index is 0.108. The lowest BCUT2D eigenvalue weighted by atomic mass is 10.1. The number of benzene rings is 2. The number of hydrazone groups is 1. The van der Waals surface area contributed by atoms with Gasteiger partial charge in [-0.3, -0.25) is 14.4 Å². The van der Waals surface area contributed by atoms with Gasteiger partial charge in [-0.05, 0) is 63.1 Å². The number of carbonyl (C=O) groups is 3. The van der Waals surface area contributed by atoms with E-state index in [0.29, 0.717) is 11.3 Å². The van der Waals surface area contributed by atoms with Crippen molar-refractivity contribution in [1.82, 2.24) is 16.1 Å². The molecule has 0 aliphatic heterocycles. The Morgan fingerprint density at radius 3 is 2.26 bits per heavy atom. The number of nitrogens with one attached hydrogen (secondary N) is 3. The fourth-order valence-electron chi connectivity index (χ4n) is 2.52. The normalized spacial score (nSPS) is 12.1. The highest BCUT2D eigenvalue weighted by atomic mass is 16.5. The summed E-state index contributed by atoms with van der Waals surface area (Å²) < 4.78 is 5.50. The van der Waals surface area contributed by atoms with E-state index in [-0.39, 0.29) is 18.6 Å². The summed E-state index contributed by atoms with van der Waals surface area (Å²) in [5, 5.41) is 9.19. The van der Waals surface area contributed by atoms with Crippen LogP contribution in [0.25, 0.3) is 0 Å². The van der Waals surface area contributed by atoms with Crippen molar-refractivity contribution in [3.63, 3.8) is 0 Å². The molecule has 0 spiro atoms. The Morgan fingerprint density at radius 1 is 1.00 bits per heavy atom. The van der Waals surface area contributed by atoms with Crippen LogP contribution in [0.5, 0.6) is 5.75 Å². The first kappa shape index (κ1) is 23.6. The van der Waals surface area contributed by atoms with Crippen LogP contribution in [0.2, 0.25) is 0 Å². The van der Waals surface area contributed by atoms with Gasteiger partial charge in [0, 0.05) is 5.54 Å². The molecule has 3 N–H and O–H groups in total. The summed E-state index contributed by atoms with van der Waals surface area (Å²) in [5.74, 6) is -1.30. The van der Waals surface area contributed by atoms with Crippen LogP contribution in [-0.2, 0) is 14.4 Å². The molecule has 0 fully saturated rings. The van der Waals surface area contributed by atoms with Crippen LogP contribution in [0.4, 0.5) is 0 Å². The Balaban J connectivity index is 1.77. The second kappa shape index (κ2) is 10.9. The van der Waals surface area contributed by atoms with Crippen LogP contribution in [0.3, 0.4) is 0 Å². The average molecular weight is 425 g/mol. The van der Waals surface area contributed by atoms with E-state index in [1.807, 2.05) is 37.3 Å². The first-order valence-electron chi connectivity index (χ1n) is 9.87. The highest BCUT2D eigenvalue weighted by Crippen LogP contribution is 2.13. The predicted molar refractivity (Wildman–Crippen MR) is 119 cm³/mol. The molecule has 2 aromatic rings. The molecule has 0 saturated carbocycles. The number of hydrogen-bond donors (Lipinski definition) is 3. The van der Waals surface area contributed by atoms with Gasteiger partial charge in [0.15, 0.2) is 6.61 Å². The smallest absolute Gasteiger partial charge is 0.329 e. The van der Waals surface area contributed by atoms with Crippen molar-refractivity contribution in [3.05, 3.63) is 65.7 Å². The minimum atomic E-state index is -0.845. The van der Waals surface area contributed by atoms with E-state index in [4.69, 9.17) is 4.74 Å². The van der Waals surface area contributed by atoms with Crippen molar-refractivity contribution in [3.8, 4) is 5.75 Å². The van der Waals surface area contributed by atoms with E-state index in [0.717, 1.165) is 5.56 Å². The van der Waals surface area contributed by atoms with E-state index in [1.54, 1.807) is 45.0 Å². The second-order valence-electron chi connectivity index (χ2n) is 7.96. The maximum absolute atomic E-state index is 12.1. The lowest BCUT2D eigenvalue weighted by molar-refractivity contribution is -0.140. The monoisotopic (exact) mass is 424 g/mol. The third-order valence-corrected chi connectivity index (χ3v) is 4.00. The summed E-state index contributed by atoms with van der Waals surface area (Å²) in [5.41, 5.74) is 3.37. The molecule has 0 aliphatic carbocycles. The van der Waals surface area contributed by atoms with E-state index < -0.39 is 17.4 Å². The Morgan fingerprint density at radius 2 is 1.65 bits per heavy atom. The van der Waals surface area contributed by atoms with Crippen molar-refractivity contribution < 1.29 is 19.1 Å². The van der Waals surface area contributed by atoms with E-state index >= 15 is 0 Å². The quantitative estimate of drug-likeness (QED) is 0.360. The molecule has 0 bridgehead atoms. The topological polar surface area (TPSA) is 109 Å². The molecule has 0 aliphatic rings. The summed E-state index contributed by atoms with van der Waals surface area (Å²) in [6, 6.07) is 16.3. The number of nitrogens with zero attached hydrogens (tertiary/aromatic N) is 1. The van der Waals surface area contributed by atoms with Crippen LogP contribution < -0.4 is 20.8 Å². The van der Waals surface area contributed by atoms with Gasteiger partial charge in [-0.1, -0.05) is 30.3 Å². The van der Waals surface area contributed by atoms with Gasteiger partial charge >= 0.3 is 11.8 Å². The molecule has 2 rings (SSSR count). The van der Waals surface area contributed by atoms with Gasteiger partial charge in [0.2, 0.25) is 0 Å². The predicted octanol–water partition coefficient (Wildman–Crippen LogP) is 2.31. The van der Waals surface area contributed by atoms with Gasteiger partial charge in [-0.2, -0.15) is 5.10 Å². The van der Waals surface area contributed by atoms with E-state index in [1.165, 1.54) is 6.21 Å². The molecule has 0 saturated heterocycles. The van der Waals surface area contributed by atoms with Crippen LogP contribution in [0, 0.1) is 0 Å². The second-order valence-corrected chi connectivity index (χ2v) is 7.96. The molecule has 3 amide bonds. The highest BCUT2D eigenvalue weighted by Gasteiger charge is 2.19. The molecular weight excluding hydrogens is 396 g/mol. The molecule has 1 atom stereocenters. The van der Waals surface area contributed by atoms with Crippen LogP contribution in [0.15, 0.2) is 59.7 Å². The van der Waals surface area contributed by atoms with Gasteiger partial charge in [0.05, 0.1) is 12.3 Å². The van der Waals surface area contributed by atoms with Gasteiger partial charge in [-0.25, -0.2) is 5.43 Å². The van der Waals surface area contributed by atoms with Crippen molar-refractivity contribution >= 4 is 23.9 Å². The van der Waals surface area contributed by atoms with Gasteiger partial charge in [-0.15, -0.1) is 0 Å². The Labute approximate surface area is 182 Å². The summed E-state index contributed by atoms with van der Waals surface area (Å²) >= 11 is 0. The third kappa shape index (κ3) is 8.69. The van der Waals surface area contributed by atoms with Crippen LogP contribution in [-0.4, -0.2) is 36.1 Å². The maximum Gasteiger partial charge on any atom is 0.329 e. The average Bonchev–Trinajstić information content (AvgIpc) is 2.72. The number of rotatable bonds is 7. The molecule has 0 heterocycles. The molecule has 2 aromatic carbocycles. The summed E-state index contributed by atoms with van der Waals surface area (Å²) in [7, 11) is 0. The van der Waals surface area contributed by atoms with Gasteiger partial charge < -0.3 is 15.4 Å². The van der Waals surface area contributed by atoms with E-state index in [2.05, 4.69) is 21.2 Å². The van der Waals surface area contributed by atoms with Crippen molar-refractivity contribution in [1.29, 1.82) is 0 Å². The van der Waals surface area contributed by atoms with Crippen LogP contribution in [0.1, 0.15) is 44.9 Å². The van der Waals surface area contributed by atoms with Crippen molar-refractivity contribution in [2.45, 2.75) is 39.3 Å². The highest BCUT2D eigenvalue weighted by molar-refractivity contribution is 6.35. The first-order chi connectivity index (χ1) is 14.6. The van der Waals surface area contributed by atoms with E-state index in [9.17, 15) is 14.4 Å². The lowest BCUT2D eigenvalue weighted by Crippen LogP contribution is -2.47. The van der Waals surface area contributed by atoms with Gasteiger partial charge in [0.25, 0.3) is 5.91 Å². The number of carbonyl (C=O) groups excluding carboxylic acids is 3. The zero-order valence-electron chi connectivity index (χ0n) is 18.1. The molecule has 0 radical (unpaired) electrons. The molecule has 8 heteroatoms. The Hall–Kier alpha value is -3.68. The van der Waals surface area contributed by atoms with Gasteiger partial charge in [0.1, 0.15) is 5.75 Å². The summed E-state index contributed by atoms with van der Waals surface area (Å²) in [6.45, 7) is 7.13.